The zero-order valence-corrected chi connectivity index (χ0v) is 11.3. The number of amides is 2. The number of carbonyl (C=O) groups excluding carboxylic acids is 2. The van der Waals surface area contributed by atoms with E-state index in [0.717, 1.165) is 11.3 Å². The number of ether oxygens (including phenoxy) is 1. The molecular weight excluding hydrogens is 242 g/mol. The van der Waals surface area contributed by atoms with E-state index in [9.17, 15) is 9.59 Å². The van der Waals surface area contributed by atoms with Gasteiger partial charge >= 0.3 is 0 Å². The van der Waals surface area contributed by atoms with Crippen molar-refractivity contribution < 1.29 is 14.3 Å². The van der Waals surface area contributed by atoms with Crippen molar-refractivity contribution in [2.45, 2.75) is 26.7 Å². The van der Waals surface area contributed by atoms with Gasteiger partial charge in [0.05, 0.1) is 12.5 Å². The first-order valence-corrected chi connectivity index (χ1v) is 6.60. The predicted molar refractivity (Wildman–Crippen MR) is 71.7 cm³/mol. The van der Waals surface area contributed by atoms with Gasteiger partial charge < -0.3 is 4.74 Å². The summed E-state index contributed by atoms with van der Waals surface area (Å²) in [5, 5.41) is 2.33. The lowest BCUT2D eigenvalue weighted by molar-refractivity contribution is -0.125. The summed E-state index contributed by atoms with van der Waals surface area (Å²) in [6.07, 6.45) is 0.895. The maximum Gasteiger partial charge on any atom is 0.230 e. The SMILES string of the molecule is CC(C)COc1ccc(C[C@@H]2CC(=O)NC2=O)cc1. The molecule has 4 heteroatoms. The lowest BCUT2D eigenvalue weighted by atomic mass is 9.98. The van der Waals surface area contributed by atoms with Gasteiger partial charge in [0, 0.05) is 6.42 Å². The fourth-order valence-electron chi connectivity index (χ4n) is 2.04. The van der Waals surface area contributed by atoms with Gasteiger partial charge in [-0.1, -0.05) is 26.0 Å². The predicted octanol–water partition coefficient (Wildman–Crippen LogP) is 1.93. The van der Waals surface area contributed by atoms with Crippen LogP contribution in [0.25, 0.3) is 0 Å². The van der Waals surface area contributed by atoms with Crippen molar-refractivity contribution in [2.75, 3.05) is 6.61 Å². The summed E-state index contributed by atoms with van der Waals surface area (Å²) in [5.74, 6) is 0.768. The van der Waals surface area contributed by atoms with E-state index in [-0.39, 0.29) is 17.7 Å². The van der Waals surface area contributed by atoms with Crippen LogP contribution in [0.4, 0.5) is 0 Å². The van der Waals surface area contributed by atoms with Gasteiger partial charge in [-0.3, -0.25) is 14.9 Å². The van der Waals surface area contributed by atoms with Crippen LogP contribution in [-0.4, -0.2) is 18.4 Å². The second-order valence-electron chi connectivity index (χ2n) is 5.37. The molecule has 0 aliphatic carbocycles. The Labute approximate surface area is 113 Å². The van der Waals surface area contributed by atoms with Crippen LogP contribution in [0.3, 0.4) is 0 Å². The van der Waals surface area contributed by atoms with Crippen molar-refractivity contribution in [3.63, 3.8) is 0 Å². The van der Waals surface area contributed by atoms with Crippen LogP contribution in [0.1, 0.15) is 25.8 Å². The maximum atomic E-state index is 11.5. The topological polar surface area (TPSA) is 55.4 Å². The summed E-state index contributed by atoms with van der Waals surface area (Å²) in [5.41, 5.74) is 1.05. The lowest BCUT2D eigenvalue weighted by Crippen LogP contribution is -2.22. The van der Waals surface area contributed by atoms with E-state index in [1.165, 1.54) is 0 Å². The van der Waals surface area contributed by atoms with Gasteiger partial charge in [-0.05, 0) is 30.0 Å². The minimum Gasteiger partial charge on any atom is -0.493 e. The number of nitrogens with one attached hydrogen (secondary N) is 1. The number of imide groups is 1. The third-order valence-electron chi connectivity index (χ3n) is 3.05. The molecule has 0 unspecified atom stereocenters. The smallest absolute Gasteiger partial charge is 0.230 e. The van der Waals surface area contributed by atoms with Gasteiger partial charge in [-0.25, -0.2) is 0 Å². The molecule has 4 nitrogen and oxygen atoms in total. The largest absolute Gasteiger partial charge is 0.493 e. The Morgan fingerprint density at radius 3 is 2.47 bits per heavy atom. The Kier molecular flexibility index (Phi) is 4.20. The molecule has 1 aromatic carbocycles. The highest BCUT2D eigenvalue weighted by Gasteiger charge is 2.30. The second kappa shape index (κ2) is 5.87. The number of hydrogen-bond acceptors (Lipinski definition) is 3. The molecule has 1 atom stereocenters. The average Bonchev–Trinajstić information content (AvgIpc) is 2.67. The van der Waals surface area contributed by atoms with Crippen LogP contribution in [0.5, 0.6) is 5.75 Å². The van der Waals surface area contributed by atoms with Gasteiger partial charge in [0.25, 0.3) is 0 Å². The average molecular weight is 261 g/mol. The molecule has 1 heterocycles. The van der Waals surface area contributed by atoms with Crippen LogP contribution < -0.4 is 10.1 Å². The van der Waals surface area contributed by atoms with Gasteiger partial charge in [0.2, 0.25) is 11.8 Å². The highest BCUT2D eigenvalue weighted by molar-refractivity contribution is 6.03. The van der Waals surface area contributed by atoms with E-state index in [2.05, 4.69) is 19.2 Å². The monoisotopic (exact) mass is 261 g/mol. The Hall–Kier alpha value is -1.84. The summed E-state index contributed by atoms with van der Waals surface area (Å²) in [4.78, 5) is 22.6. The van der Waals surface area contributed by atoms with Crippen LogP contribution in [0, 0.1) is 11.8 Å². The molecule has 0 saturated carbocycles. The van der Waals surface area contributed by atoms with E-state index in [4.69, 9.17) is 4.74 Å². The molecule has 19 heavy (non-hydrogen) atoms. The Morgan fingerprint density at radius 1 is 1.26 bits per heavy atom. The summed E-state index contributed by atoms with van der Waals surface area (Å²) >= 11 is 0. The highest BCUT2D eigenvalue weighted by Crippen LogP contribution is 2.19. The first-order valence-electron chi connectivity index (χ1n) is 6.60. The molecule has 2 rings (SSSR count). The molecule has 1 saturated heterocycles. The first-order chi connectivity index (χ1) is 9.04. The molecule has 1 N–H and O–H groups in total. The normalized spacial score (nSPS) is 18.8. The summed E-state index contributed by atoms with van der Waals surface area (Å²) in [6, 6.07) is 7.72. The summed E-state index contributed by atoms with van der Waals surface area (Å²) in [7, 11) is 0. The Balaban J connectivity index is 1.91. The van der Waals surface area contributed by atoms with Gasteiger partial charge in [0.1, 0.15) is 5.75 Å². The Bertz CT molecular complexity index is 465. The number of benzene rings is 1. The van der Waals surface area contributed by atoms with E-state index in [0.29, 0.717) is 25.4 Å². The highest BCUT2D eigenvalue weighted by atomic mass is 16.5. The van der Waals surface area contributed by atoms with Gasteiger partial charge in [0.15, 0.2) is 0 Å². The Morgan fingerprint density at radius 2 is 1.95 bits per heavy atom. The molecular formula is C15H19NO3. The summed E-state index contributed by atoms with van der Waals surface area (Å²) < 4.78 is 5.60. The van der Waals surface area contributed by atoms with Crippen molar-refractivity contribution in [2.24, 2.45) is 11.8 Å². The molecule has 0 spiro atoms. The zero-order valence-electron chi connectivity index (χ0n) is 11.3. The molecule has 1 aromatic rings. The quantitative estimate of drug-likeness (QED) is 0.824. The van der Waals surface area contributed by atoms with E-state index >= 15 is 0 Å². The van der Waals surface area contributed by atoms with E-state index < -0.39 is 0 Å². The third kappa shape index (κ3) is 3.81. The van der Waals surface area contributed by atoms with Crippen LogP contribution >= 0.6 is 0 Å². The van der Waals surface area contributed by atoms with Crippen molar-refractivity contribution >= 4 is 11.8 Å². The molecule has 0 aromatic heterocycles. The first kappa shape index (κ1) is 13.6. The van der Waals surface area contributed by atoms with Crippen LogP contribution in [0.15, 0.2) is 24.3 Å². The van der Waals surface area contributed by atoms with Crippen molar-refractivity contribution in [1.29, 1.82) is 0 Å². The molecule has 2 amide bonds. The maximum absolute atomic E-state index is 11.5. The van der Waals surface area contributed by atoms with Crippen molar-refractivity contribution in [3.8, 4) is 5.75 Å². The van der Waals surface area contributed by atoms with E-state index in [1.54, 1.807) is 0 Å². The lowest BCUT2D eigenvalue weighted by Gasteiger charge is -2.10. The number of rotatable bonds is 5. The standard InChI is InChI=1S/C15H19NO3/c1-10(2)9-19-13-5-3-11(4-6-13)7-12-8-14(17)16-15(12)18/h3-6,10,12H,7-9H2,1-2H3,(H,16,17,18)/t12-/m1/s1. The molecule has 0 bridgehead atoms. The fourth-order valence-corrected chi connectivity index (χ4v) is 2.04. The van der Waals surface area contributed by atoms with Crippen LogP contribution in [0.2, 0.25) is 0 Å². The molecule has 1 fully saturated rings. The summed E-state index contributed by atoms with van der Waals surface area (Å²) in [6.45, 7) is 4.90. The van der Waals surface area contributed by atoms with Gasteiger partial charge in [-0.2, -0.15) is 0 Å². The molecule has 0 radical (unpaired) electrons. The van der Waals surface area contributed by atoms with Crippen LogP contribution in [-0.2, 0) is 16.0 Å². The van der Waals surface area contributed by atoms with Crippen molar-refractivity contribution in [1.82, 2.24) is 5.32 Å². The fraction of sp³-hybridized carbons (Fsp3) is 0.467. The number of carbonyl (C=O) groups is 2. The van der Waals surface area contributed by atoms with Gasteiger partial charge in [-0.15, -0.1) is 0 Å². The van der Waals surface area contributed by atoms with Crippen molar-refractivity contribution in [3.05, 3.63) is 29.8 Å². The molecule has 102 valence electrons. The minimum absolute atomic E-state index is 0.162. The molecule has 1 aliphatic rings. The minimum atomic E-state index is -0.227. The zero-order chi connectivity index (χ0) is 13.8. The number of hydrogen-bond donors (Lipinski definition) is 1. The second-order valence-corrected chi connectivity index (χ2v) is 5.37. The third-order valence-corrected chi connectivity index (χ3v) is 3.05. The molecule has 1 aliphatic heterocycles. The van der Waals surface area contributed by atoms with E-state index in [1.807, 2.05) is 24.3 Å².